The quantitative estimate of drug-likeness (QED) is 0.908. The first-order chi connectivity index (χ1) is 9.09. The van der Waals surface area contributed by atoms with Crippen LogP contribution in [0.15, 0.2) is 35.2 Å². The second-order valence-electron chi connectivity index (χ2n) is 4.66. The van der Waals surface area contributed by atoms with Crippen LogP contribution in [-0.4, -0.2) is 40.3 Å². The van der Waals surface area contributed by atoms with Gasteiger partial charge in [0.2, 0.25) is 0 Å². The molecule has 0 aromatic carbocycles. The molecule has 0 amide bonds. The Morgan fingerprint density at radius 1 is 1.37 bits per heavy atom. The van der Waals surface area contributed by atoms with Crippen molar-refractivity contribution in [2.75, 3.05) is 20.6 Å². The maximum Gasteiger partial charge on any atom is 0.0739 e. The molecule has 5 nitrogen and oxygen atoms in total. The molecule has 2 aromatic heterocycles. The summed E-state index contributed by atoms with van der Waals surface area (Å²) in [5.74, 6) is 0. The van der Waals surface area contributed by atoms with Crippen molar-refractivity contribution in [3.63, 3.8) is 0 Å². The van der Waals surface area contributed by atoms with Gasteiger partial charge in [0, 0.05) is 18.9 Å². The fraction of sp³-hybridized carbons (Fsp3) is 0.385. The van der Waals surface area contributed by atoms with Gasteiger partial charge in [0.15, 0.2) is 0 Å². The van der Waals surface area contributed by atoms with Gasteiger partial charge in [0.05, 0.1) is 29.0 Å². The predicted molar refractivity (Wildman–Crippen MR) is 78.7 cm³/mol. The van der Waals surface area contributed by atoms with Crippen molar-refractivity contribution >= 4 is 15.9 Å². The Hall–Kier alpha value is -1.24. The molecule has 2 rings (SSSR count). The smallest absolute Gasteiger partial charge is 0.0739 e. The van der Waals surface area contributed by atoms with E-state index < -0.39 is 0 Å². The van der Waals surface area contributed by atoms with Crippen molar-refractivity contribution in [1.29, 1.82) is 0 Å². The molecule has 102 valence electrons. The molecule has 0 saturated heterocycles. The van der Waals surface area contributed by atoms with Gasteiger partial charge in [0.1, 0.15) is 0 Å². The number of pyridine rings is 1. The zero-order valence-electron chi connectivity index (χ0n) is 11.1. The highest BCUT2D eigenvalue weighted by molar-refractivity contribution is 9.10. The number of halogens is 1. The average molecular weight is 324 g/mol. The van der Waals surface area contributed by atoms with E-state index in [9.17, 15) is 0 Å². The number of likely N-dealkylation sites (N-methyl/N-ethyl adjacent to an activating group) is 1. The van der Waals surface area contributed by atoms with Crippen molar-refractivity contribution in [2.24, 2.45) is 5.73 Å². The summed E-state index contributed by atoms with van der Waals surface area (Å²) in [6.07, 6.45) is 5.30. The Kier molecular flexibility index (Phi) is 4.68. The lowest BCUT2D eigenvalue weighted by Crippen LogP contribution is -2.23. The van der Waals surface area contributed by atoms with E-state index in [-0.39, 0.29) is 6.04 Å². The van der Waals surface area contributed by atoms with E-state index in [1.807, 2.05) is 30.9 Å². The van der Waals surface area contributed by atoms with Crippen LogP contribution in [0.5, 0.6) is 0 Å². The van der Waals surface area contributed by atoms with Crippen molar-refractivity contribution in [2.45, 2.75) is 12.6 Å². The lowest BCUT2D eigenvalue weighted by atomic mass is 10.1. The number of aromatic nitrogens is 3. The Balaban J connectivity index is 2.26. The fourth-order valence-corrected chi connectivity index (χ4v) is 2.43. The van der Waals surface area contributed by atoms with Gasteiger partial charge < -0.3 is 10.6 Å². The lowest BCUT2D eigenvalue weighted by molar-refractivity contribution is 0.368. The van der Waals surface area contributed by atoms with E-state index in [1.54, 1.807) is 18.6 Å². The molecule has 0 bridgehead atoms. The highest BCUT2D eigenvalue weighted by Crippen LogP contribution is 2.26. The first-order valence-corrected chi connectivity index (χ1v) is 6.90. The van der Waals surface area contributed by atoms with Crippen molar-refractivity contribution < 1.29 is 0 Å². The van der Waals surface area contributed by atoms with Gasteiger partial charge in [0.25, 0.3) is 0 Å². The summed E-state index contributed by atoms with van der Waals surface area (Å²) in [5, 5.41) is 4.38. The minimum Gasteiger partial charge on any atom is -0.319 e. The summed E-state index contributed by atoms with van der Waals surface area (Å²) in [7, 11) is 4.09. The minimum absolute atomic E-state index is 0.206. The number of hydrogen-bond acceptors (Lipinski definition) is 4. The lowest BCUT2D eigenvalue weighted by Gasteiger charge is -2.17. The van der Waals surface area contributed by atoms with E-state index in [2.05, 4.69) is 30.9 Å². The Morgan fingerprint density at radius 2 is 2.05 bits per heavy atom. The molecule has 0 spiro atoms. The number of nitrogens with zero attached hydrogens (tertiary/aromatic N) is 4. The highest BCUT2D eigenvalue weighted by atomic mass is 79.9. The highest BCUT2D eigenvalue weighted by Gasteiger charge is 2.18. The molecule has 0 radical (unpaired) electrons. The van der Waals surface area contributed by atoms with Gasteiger partial charge in [-0.15, -0.1) is 0 Å². The molecule has 1 unspecified atom stereocenters. The van der Waals surface area contributed by atoms with Crippen LogP contribution in [0.4, 0.5) is 0 Å². The van der Waals surface area contributed by atoms with Gasteiger partial charge in [-0.1, -0.05) is 0 Å². The van der Waals surface area contributed by atoms with Gasteiger partial charge in [-0.25, -0.2) is 0 Å². The molecule has 6 heteroatoms. The first-order valence-electron chi connectivity index (χ1n) is 6.11. The van der Waals surface area contributed by atoms with E-state index in [1.165, 1.54) is 0 Å². The van der Waals surface area contributed by atoms with E-state index in [0.29, 0.717) is 0 Å². The third kappa shape index (κ3) is 3.40. The summed E-state index contributed by atoms with van der Waals surface area (Å²) in [4.78, 5) is 6.14. The molecule has 2 aromatic rings. The Labute approximate surface area is 121 Å². The van der Waals surface area contributed by atoms with Crippen LogP contribution in [0.25, 0.3) is 0 Å². The molecule has 19 heavy (non-hydrogen) atoms. The average Bonchev–Trinajstić information content (AvgIpc) is 2.78. The van der Waals surface area contributed by atoms with Crippen molar-refractivity contribution in [1.82, 2.24) is 19.7 Å². The predicted octanol–water partition coefficient (Wildman–Crippen LogP) is 1.65. The monoisotopic (exact) mass is 323 g/mol. The molecule has 2 heterocycles. The van der Waals surface area contributed by atoms with Crippen LogP contribution in [0, 0.1) is 0 Å². The number of nitrogens with two attached hydrogens (primary N) is 1. The van der Waals surface area contributed by atoms with Gasteiger partial charge in [-0.3, -0.25) is 9.67 Å². The zero-order chi connectivity index (χ0) is 13.8. The minimum atomic E-state index is -0.206. The molecule has 0 aliphatic heterocycles. The molecular weight excluding hydrogens is 306 g/mol. The summed E-state index contributed by atoms with van der Waals surface area (Å²) >= 11 is 3.53. The Bertz CT molecular complexity index is 523. The molecule has 2 N–H and O–H groups in total. The summed E-state index contributed by atoms with van der Waals surface area (Å²) < 4.78 is 2.89. The summed E-state index contributed by atoms with van der Waals surface area (Å²) in [6.45, 7) is 1.73. The number of rotatable bonds is 5. The van der Waals surface area contributed by atoms with Gasteiger partial charge in [-0.2, -0.15) is 5.10 Å². The third-order valence-electron chi connectivity index (χ3n) is 2.95. The van der Waals surface area contributed by atoms with Crippen molar-refractivity contribution in [3.05, 3.63) is 46.5 Å². The normalized spacial score (nSPS) is 12.9. The van der Waals surface area contributed by atoms with Crippen LogP contribution >= 0.6 is 15.9 Å². The number of hydrogen-bond donors (Lipinski definition) is 1. The topological polar surface area (TPSA) is 60.0 Å². The van der Waals surface area contributed by atoms with E-state index in [4.69, 9.17) is 5.73 Å². The van der Waals surface area contributed by atoms with Crippen LogP contribution in [-0.2, 0) is 6.54 Å². The van der Waals surface area contributed by atoms with E-state index in [0.717, 1.165) is 28.8 Å². The maximum atomic E-state index is 6.34. The zero-order valence-corrected chi connectivity index (χ0v) is 12.7. The van der Waals surface area contributed by atoms with Crippen LogP contribution in [0.1, 0.15) is 17.3 Å². The van der Waals surface area contributed by atoms with Gasteiger partial charge >= 0.3 is 0 Å². The SMILES string of the molecule is CN(C)CCn1ncc(Br)c1C(N)c1ccncc1. The summed E-state index contributed by atoms with van der Waals surface area (Å²) in [5.41, 5.74) is 8.36. The maximum absolute atomic E-state index is 6.34. The molecule has 0 aliphatic carbocycles. The van der Waals surface area contributed by atoms with Crippen LogP contribution in [0.2, 0.25) is 0 Å². The third-order valence-corrected chi connectivity index (χ3v) is 3.56. The molecule has 1 atom stereocenters. The second kappa shape index (κ2) is 6.27. The van der Waals surface area contributed by atoms with Crippen molar-refractivity contribution in [3.8, 4) is 0 Å². The molecular formula is C13H18BrN5. The van der Waals surface area contributed by atoms with Crippen LogP contribution in [0.3, 0.4) is 0 Å². The van der Waals surface area contributed by atoms with E-state index >= 15 is 0 Å². The second-order valence-corrected chi connectivity index (χ2v) is 5.52. The molecule has 0 fully saturated rings. The molecule has 0 aliphatic rings. The first kappa shape index (κ1) is 14.2. The van der Waals surface area contributed by atoms with Gasteiger partial charge in [-0.05, 0) is 47.7 Å². The standard InChI is InChI=1S/C13H18BrN5/c1-18(2)7-8-19-13(11(14)9-17-19)12(15)10-3-5-16-6-4-10/h3-6,9,12H,7-8,15H2,1-2H3. The largest absolute Gasteiger partial charge is 0.319 e. The Morgan fingerprint density at radius 3 is 2.68 bits per heavy atom. The molecule has 0 saturated carbocycles. The summed E-state index contributed by atoms with van der Waals surface area (Å²) in [6, 6.07) is 3.66. The van der Waals surface area contributed by atoms with Crippen LogP contribution < -0.4 is 5.73 Å². The fourth-order valence-electron chi connectivity index (χ4n) is 1.88.